The lowest BCUT2D eigenvalue weighted by Crippen LogP contribution is -2.51. The zero-order valence-corrected chi connectivity index (χ0v) is 16.2. The van der Waals surface area contributed by atoms with Gasteiger partial charge in [-0.1, -0.05) is 38.3 Å². The number of carbonyl (C=O) groups is 1. The molecule has 1 aromatic carbocycles. The smallest absolute Gasteiger partial charge is 0.223 e. The van der Waals surface area contributed by atoms with Crippen molar-refractivity contribution in [2.45, 2.75) is 44.4 Å². The number of rotatable bonds is 6. The predicted octanol–water partition coefficient (Wildman–Crippen LogP) is 3.29. The van der Waals surface area contributed by atoms with Gasteiger partial charge in [-0.3, -0.25) is 4.79 Å². The molecule has 2 fully saturated rings. The van der Waals surface area contributed by atoms with Crippen LogP contribution in [0, 0.1) is 11.8 Å². The summed E-state index contributed by atoms with van der Waals surface area (Å²) in [4.78, 5) is 12.5. The van der Waals surface area contributed by atoms with Crippen LogP contribution in [0.2, 0.25) is 0 Å². The van der Waals surface area contributed by atoms with Crippen LogP contribution in [0.5, 0.6) is 5.75 Å². The van der Waals surface area contributed by atoms with Crippen molar-refractivity contribution in [2.24, 2.45) is 11.8 Å². The standard InChI is InChI=1S/C20H30N2O2.ClH/c1-15(16-12-21-13-16)19(23)22-14-20(10-4-3-5-11-20)17-6-8-18(24-2)9-7-17;/h6-9,15-16,21H,3-5,10-14H2,1-2H3,(H,22,23);1H. The molecule has 2 aliphatic rings. The van der Waals surface area contributed by atoms with Crippen LogP contribution in [-0.2, 0) is 10.2 Å². The van der Waals surface area contributed by atoms with E-state index in [1.165, 1.54) is 24.8 Å². The van der Waals surface area contributed by atoms with Crippen molar-refractivity contribution in [3.05, 3.63) is 29.8 Å². The minimum Gasteiger partial charge on any atom is -0.497 e. The largest absolute Gasteiger partial charge is 0.497 e. The van der Waals surface area contributed by atoms with Gasteiger partial charge in [0.15, 0.2) is 0 Å². The Hall–Kier alpha value is -1.26. The maximum absolute atomic E-state index is 12.5. The number of amides is 1. The maximum atomic E-state index is 12.5. The second-order valence-corrected chi connectivity index (χ2v) is 7.49. The third kappa shape index (κ3) is 4.48. The Morgan fingerprint density at radius 2 is 1.88 bits per heavy atom. The minimum absolute atomic E-state index is 0. The number of carbonyl (C=O) groups excluding carboxylic acids is 1. The molecule has 1 aliphatic heterocycles. The molecular formula is C20H31ClN2O2. The van der Waals surface area contributed by atoms with E-state index in [0.29, 0.717) is 5.92 Å². The van der Waals surface area contributed by atoms with Crippen LogP contribution < -0.4 is 15.4 Å². The van der Waals surface area contributed by atoms with Gasteiger partial charge in [0.1, 0.15) is 5.75 Å². The Kier molecular flexibility index (Phi) is 7.14. The van der Waals surface area contributed by atoms with Gasteiger partial charge in [0.05, 0.1) is 7.11 Å². The molecule has 0 spiro atoms. The summed E-state index contributed by atoms with van der Waals surface area (Å²) in [5, 5.41) is 6.53. The van der Waals surface area contributed by atoms with Crippen LogP contribution in [0.1, 0.15) is 44.6 Å². The van der Waals surface area contributed by atoms with Gasteiger partial charge < -0.3 is 15.4 Å². The summed E-state index contributed by atoms with van der Waals surface area (Å²) in [5.74, 6) is 1.69. The van der Waals surface area contributed by atoms with Gasteiger partial charge in [-0.25, -0.2) is 0 Å². The van der Waals surface area contributed by atoms with Gasteiger partial charge >= 0.3 is 0 Å². The molecule has 25 heavy (non-hydrogen) atoms. The van der Waals surface area contributed by atoms with E-state index in [4.69, 9.17) is 4.74 Å². The van der Waals surface area contributed by atoms with Crippen molar-refractivity contribution in [3.8, 4) is 5.75 Å². The SMILES string of the molecule is COc1ccc(C2(CNC(=O)C(C)C3CNC3)CCCCC2)cc1.Cl. The third-order valence-corrected chi connectivity index (χ3v) is 6.05. The van der Waals surface area contributed by atoms with Crippen LogP contribution in [0.15, 0.2) is 24.3 Å². The summed E-state index contributed by atoms with van der Waals surface area (Å²) < 4.78 is 5.29. The molecule has 1 unspecified atom stereocenters. The number of ether oxygens (including phenoxy) is 1. The highest BCUT2D eigenvalue weighted by atomic mass is 35.5. The van der Waals surface area contributed by atoms with E-state index < -0.39 is 0 Å². The Balaban J connectivity index is 0.00000225. The molecule has 3 rings (SSSR count). The summed E-state index contributed by atoms with van der Waals surface area (Å²) in [7, 11) is 1.70. The maximum Gasteiger partial charge on any atom is 0.223 e. The number of hydrogen-bond acceptors (Lipinski definition) is 3. The van der Waals surface area contributed by atoms with Crippen LogP contribution in [0.4, 0.5) is 0 Å². The van der Waals surface area contributed by atoms with Crippen molar-refractivity contribution in [2.75, 3.05) is 26.7 Å². The molecule has 0 radical (unpaired) electrons. The quantitative estimate of drug-likeness (QED) is 0.812. The molecule has 0 aromatic heterocycles. The van der Waals surface area contributed by atoms with Gasteiger partial charge in [-0.05, 0) is 49.5 Å². The molecule has 1 saturated carbocycles. The fourth-order valence-corrected chi connectivity index (χ4v) is 4.04. The van der Waals surface area contributed by atoms with Gasteiger partial charge in [0.25, 0.3) is 0 Å². The molecule has 1 amide bonds. The Bertz CT molecular complexity index is 551. The molecule has 140 valence electrons. The van der Waals surface area contributed by atoms with Gasteiger partial charge in [-0.2, -0.15) is 0 Å². The molecule has 1 aliphatic carbocycles. The number of hydrogen-bond donors (Lipinski definition) is 2. The fourth-order valence-electron chi connectivity index (χ4n) is 4.04. The highest BCUT2D eigenvalue weighted by Crippen LogP contribution is 2.39. The lowest BCUT2D eigenvalue weighted by atomic mass is 9.69. The lowest BCUT2D eigenvalue weighted by Gasteiger charge is -2.39. The first-order chi connectivity index (χ1) is 11.6. The average Bonchev–Trinajstić information content (AvgIpc) is 2.59. The van der Waals surface area contributed by atoms with Gasteiger partial charge in [0, 0.05) is 17.9 Å². The summed E-state index contributed by atoms with van der Waals surface area (Å²) >= 11 is 0. The predicted molar refractivity (Wildman–Crippen MR) is 104 cm³/mol. The first kappa shape index (κ1) is 20.1. The van der Waals surface area contributed by atoms with Crippen LogP contribution in [0.3, 0.4) is 0 Å². The number of halogens is 1. The molecule has 1 heterocycles. The highest BCUT2D eigenvalue weighted by molar-refractivity contribution is 5.85. The van der Waals surface area contributed by atoms with E-state index in [2.05, 4.69) is 29.7 Å². The Labute approximate surface area is 157 Å². The lowest BCUT2D eigenvalue weighted by molar-refractivity contribution is -0.127. The monoisotopic (exact) mass is 366 g/mol. The molecule has 0 bridgehead atoms. The Morgan fingerprint density at radius 1 is 1.24 bits per heavy atom. The average molecular weight is 367 g/mol. The first-order valence-electron chi connectivity index (χ1n) is 9.28. The van der Waals surface area contributed by atoms with Crippen LogP contribution >= 0.6 is 12.4 Å². The number of benzene rings is 1. The van der Waals surface area contributed by atoms with Crippen molar-refractivity contribution in [1.82, 2.24) is 10.6 Å². The molecular weight excluding hydrogens is 336 g/mol. The topological polar surface area (TPSA) is 50.4 Å². The van der Waals surface area contributed by atoms with Crippen molar-refractivity contribution in [1.29, 1.82) is 0 Å². The highest BCUT2D eigenvalue weighted by Gasteiger charge is 2.35. The van der Waals surface area contributed by atoms with Crippen LogP contribution in [-0.4, -0.2) is 32.7 Å². The molecule has 2 N–H and O–H groups in total. The second-order valence-electron chi connectivity index (χ2n) is 7.49. The first-order valence-corrected chi connectivity index (χ1v) is 9.28. The van der Waals surface area contributed by atoms with Gasteiger partial charge in [-0.15, -0.1) is 12.4 Å². The normalized spacial score (nSPS) is 20.7. The van der Waals surface area contributed by atoms with E-state index in [9.17, 15) is 4.79 Å². The van der Waals surface area contributed by atoms with Crippen LogP contribution in [0.25, 0.3) is 0 Å². The van der Waals surface area contributed by atoms with Crippen molar-refractivity contribution < 1.29 is 9.53 Å². The fraction of sp³-hybridized carbons (Fsp3) is 0.650. The molecule has 1 atom stereocenters. The summed E-state index contributed by atoms with van der Waals surface area (Å²) in [6.07, 6.45) is 6.09. The third-order valence-electron chi connectivity index (χ3n) is 6.05. The zero-order chi connectivity index (χ0) is 17.0. The van der Waals surface area contributed by atoms with E-state index >= 15 is 0 Å². The molecule has 4 nitrogen and oxygen atoms in total. The Morgan fingerprint density at radius 3 is 2.40 bits per heavy atom. The van der Waals surface area contributed by atoms with Crippen molar-refractivity contribution in [3.63, 3.8) is 0 Å². The number of methoxy groups -OCH3 is 1. The molecule has 1 saturated heterocycles. The second kappa shape index (κ2) is 8.91. The van der Waals surface area contributed by atoms with Gasteiger partial charge in [0.2, 0.25) is 5.91 Å². The van der Waals surface area contributed by atoms with E-state index in [0.717, 1.165) is 38.2 Å². The minimum atomic E-state index is 0. The van der Waals surface area contributed by atoms with E-state index in [1.807, 2.05) is 12.1 Å². The number of nitrogens with one attached hydrogen (secondary N) is 2. The summed E-state index contributed by atoms with van der Waals surface area (Å²) in [6, 6.07) is 8.43. The molecule has 5 heteroatoms. The van der Waals surface area contributed by atoms with E-state index in [-0.39, 0.29) is 29.6 Å². The van der Waals surface area contributed by atoms with E-state index in [1.54, 1.807) is 7.11 Å². The molecule has 1 aromatic rings. The van der Waals surface area contributed by atoms with Crippen molar-refractivity contribution >= 4 is 18.3 Å². The summed E-state index contributed by atoms with van der Waals surface area (Å²) in [6.45, 7) is 4.75. The zero-order valence-electron chi connectivity index (χ0n) is 15.3. The summed E-state index contributed by atoms with van der Waals surface area (Å²) in [5.41, 5.74) is 1.42.